The summed E-state index contributed by atoms with van der Waals surface area (Å²) in [7, 11) is 5.16. The van der Waals surface area contributed by atoms with Crippen molar-refractivity contribution in [2.24, 2.45) is 12.2 Å². The van der Waals surface area contributed by atoms with Crippen molar-refractivity contribution in [3.05, 3.63) is 89.0 Å². The Morgan fingerprint density at radius 3 is 2.18 bits per heavy atom. The number of methoxy groups -OCH3 is 1. The molecule has 0 saturated heterocycles. The van der Waals surface area contributed by atoms with E-state index in [1.54, 1.807) is 13.3 Å². The highest BCUT2D eigenvalue weighted by Gasteiger charge is 2.26. The summed E-state index contributed by atoms with van der Waals surface area (Å²) < 4.78 is 13.8. The molecule has 0 amide bonds. The predicted octanol–water partition coefficient (Wildman–Crippen LogP) is 3.42. The highest BCUT2D eigenvalue weighted by Crippen LogP contribution is 2.33. The molecule has 0 radical (unpaired) electrons. The van der Waals surface area contributed by atoms with Gasteiger partial charge in [0.2, 0.25) is 11.0 Å². The summed E-state index contributed by atoms with van der Waals surface area (Å²) in [4.78, 5) is 18.7. The molecule has 6 nitrogen and oxygen atoms in total. The molecule has 202 valence electrons. The largest absolute Gasteiger partial charge is 1.00 e. The van der Waals surface area contributed by atoms with Crippen molar-refractivity contribution in [1.82, 2.24) is 0 Å². The smallest absolute Gasteiger partial charge is 0.345 e. The van der Waals surface area contributed by atoms with Gasteiger partial charge in [0.15, 0.2) is 0 Å². The number of aryl methyl sites for hydroxylation is 3. The first-order chi connectivity index (χ1) is 17.9. The molecule has 0 fully saturated rings. The molecule has 0 bridgehead atoms. The fourth-order valence-electron chi connectivity index (χ4n) is 5.02. The standard InChI is InChI=1S/C31H29N2O4.2ClH/c1-19-14-21(12-13-32-36-5)15-20(2)30(19)37-31(34)29-25-16-22-8-6-7-9-23(22)17-28(25)33(3)27-11-10-24(35-4)18-26(27)29;;/h6-11,13-18H,12H2,1-5H3;2*1H/q+1;;/p-1. The van der Waals surface area contributed by atoms with Crippen molar-refractivity contribution >= 4 is 57.2 Å². The molecular weight excluding hydrogens is 535 g/mol. The number of fused-ring (bicyclic) bond motifs is 3. The SMILES string of the molecule is CON=CCc1cc(C)c(OC(=O)c2c3cc(OC)ccc3[n+](C)c3cc4ccccc4cc23)c(C)c1.Cl.[Cl-]. The molecule has 0 saturated carbocycles. The van der Waals surface area contributed by atoms with E-state index in [4.69, 9.17) is 14.3 Å². The normalized spacial score (nSPS) is 10.9. The van der Waals surface area contributed by atoms with Crippen LogP contribution in [0.5, 0.6) is 11.5 Å². The Kier molecular flexibility index (Phi) is 9.38. The van der Waals surface area contributed by atoms with E-state index < -0.39 is 5.97 Å². The van der Waals surface area contributed by atoms with Crippen LogP contribution in [0.3, 0.4) is 0 Å². The van der Waals surface area contributed by atoms with Crippen molar-refractivity contribution in [1.29, 1.82) is 0 Å². The molecule has 5 rings (SSSR count). The van der Waals surface area contributed by atoms with Gasteiger partial charge in [-0.2, -0.15) is 4.57 Å². The summed E-state index contributed by atoms with van der Waals surface area (Å²) in [6, 6.07) is 22.2. The Bertz CT molecular complexity index is 1690. The number of carbonyl (C=O) groups excluding carboxylic acids is 1. The summed E-state index contributed by atoms with van der Waals surface area (Å²) in [5, 5.41) is 7.58. The Hall–Kier alpha value is -3.87. The third kappa shape index (κ3) is 5.63. The zero-order chi connectivity index (χ0) is 26.1. The highest BCUT2D eigenvalue weighted by atomic mass is 35.5. The van der Waals surface area contributed by atoms with E-state index in [1.165, 1.54) is 7.11 Å². The Morgan fingerprint density at radius 1 is 0.897 bits per heavy atom. The van der Waals surface area contributed by atoms with Crippen molar-refractivity contribution < 1.29 is 36.1 Å². The van der Waals surface area contributed by atoms with Crippen LogP contribution in [-0.2, 0) is 18.3 Å². The van der Waals surface area contributed by atoms with E-state index in [9.17, 15) is 4.79 Å². The van der Waals surface area contributed by atoms with Crippen LogP contribution in [0.25, 0.3) is 32.6 Å². The lowest BCUT2D eigenvalue weighted by atomic mass is 9.98. The second-order valence-corrected chi connectivity index (χ2v) is 9.16. The fraction of sp³-hybridized carbons (Fsp3) is 0.194. The van der Waals surface area contributed by atoms with Crippen LogP contribution in [0.4, 0.5) is 0 Å². The maximum atomic E-state index is 14.0. The summed E-state index contributed by atoms with van der Waals surface area (Å²) in [6.45, 7) is 3.90. The number of rotatable bonds is 6. The van der Waals surface area contributed by atoms with Crippen LogP contribution < -0.4 is 26.4 Å². The number of hydrogen-bond acceptors (Lipinski definition) is 5. The maximum Gasteiger partial charge on any atom is 0.345 e. The topological polar surface area (TPSA) is 61.0 Å². The quantitative estimate of drug-likeness (QED) is 0.0791. The van der Waals surface area contributed by atoms with Crippen LogP contribution in [0, 0.1) is 13.8 Å². The van der Waals surface area contributed by atoms with Crippen LogP contribution in [0.1, 0.15) is 27.0 Å². The number of pyridine rings is 1. The molecule has 0 aliphatic rings. The average Bonchev–Trinajstić information content (AvgIpc) is 2.90. The number of halogens is 2. The van der Waals surface area contributed by atoms with E-state index in [2.05, 4.69) is 34.0 Å². The summed E-state index contributed by atoms with van der Waals surface area (Å²) in [5.74, 6) is 0.839. The third-order valence-corrected chi connectivity index (χ3v) is 6.76. The molecule has 0 aliphatic carbocycles. The molecule has 0 unspecified atom stereocenters. The van der Waals surface area contributed by atoms with Crippen molar-refractivity contribution in [2.45, 2.75) is 20.3 Å². The van der Waals surface area contributed by atoms with Crippen LogP contribution >= 0.6 is 12.4 Å². The molecule has 1 aromatic heterocycles. The number of carbonyl (C=O) groups is 1. The van der Waals surface area contributed by atoms with Gasteiger partial charge in [-0.3, -0.25) is 0 Å². The van der Waals surface area contributed by atoms with Crippen molar-refractivity contribution in [3.8, 4) is 11.5 Å². The van der Waals surface area contributed by atoms with Crippen LogP contribution in [-0.4, -0.2) is 26.4 Å². The Labute approximate surface area is 240 Å². The van der Waals surface area contributed by atoms with Gasteiger partial charge >= 0.3 is 5.97 Å². The second kappa shape index (κ2) is 12.3. The summed E-state index contributed by atoms with van der Waals surface area (Å²) in [6.07, 6.45) is 2.33. The van der Waals surface area contributed by atoms with Gasteiger partial charge in [-0.15, -0.1) is 12.4 Å². The second-order valence-electron chi connectivity index (χ2n) is 9.16. The van der Waals surface area contributed by atoms with E-state index in [-0.39, 0.29) is 24.8 Å². The van der Waals surface area contributed by atoms with Gasteiger partial charge in [-0.1, -0.05) is 41.6 Å². The average molecular weight is 565 g/mol. The van der Waals surface area contributed by atoms with Crippen LogP contribution in [0.15, 0.2) is 71.9 Å². The van der Waals surface area contributed by atoms with Gasteiger partial charge in [0.25, 0.3) is 0 Å². The number of oxime groups is 1. The van der Waals surface area contributed by atoms with E-state index in [0.717, 1.165) is 49.3 Å². The lowest BCUT2D eigenvalue weighted by Gasteiger charge is -2.15. The number of esters is 1. The minimum atomic E-state index is -0.404. The molecule has 0 aliphatic heterocycles. The van der Waals surface area contributed by atoms with Crippen molar-refractivity contribution in [3.63, 3.8) is 0 Å². The molecule has 1 heterocycles. The first-order valence-corrected chi connectivity index (χ1v) is 12.1. The zero-order valence-corrected chi connectivity index (χ0v) is 24.0. The minimum absolute atomic E-state index is 0. The van der Waals surface area contributed by atoms with Crippen molar-refractivity contribution in [2.75, 3.05) is 14.2 Å². The Balaban J connectivity index is 0.00000210. The van der Waals surface area contributed by atoms with Crippen LogP contribution in [0.2, 0.25) is 0 Å². The lowest BCUT2D eigenvalue weighted by molar-refractivity contribution is -0.617. The zero-order valence-electron chi connectivity index (χ0n) is 22.4. The molecule has 0 atom stereocenters. The first-order valence-electron chi connectivity index (χ1n) is 12.1. The minimum Gasteiger partial charge on any atom is -1.00 e. The summed E-state index contributed by atoms with van der Waals surface area (Å²) in [5.41, 5.74) is 5.21. The van der Waals surface area contributed by atoms with Gasteiger partial charge in [0, 0.05) is 24.8 Å². The van der Waals surface area contributed by atoms with Gasteiger partial charge < -0.3 is 26.7 Å². The van der Waals surface area contributed by atoms with E-state index in [0.29, 0.717) is 23.5 Å². The molecule has 0 spiro atoms. The van der Waals surface area contributed by atoms with E-state index in [1.807, 2.05) is 63.4 Å². The monoisotopic (exact) mass is 564 g/mol. The summed E-state index contributed by atoms with van der Waals surface area (Å²) >= 11 is 0. The molecule has 0 N–H and O–H groups in total. The van der Waals surface area contributed by atoms with Gasteiger partial charge in [-0.05, 0) is 59.5 Å². The molecule has 5 aromatic rings. The van der Waals surface area contributed by atoms with E-state index >= 15 is 0 Å². The number of benzene rings is 4. The third-order valence-electron chi connectivity index (χ3n) is 6.76. The highest BCUT2D eigenvalue weighted by molar-refractivity contribution is 6.15. The first kappa shape index (κ1) is 29.7. The molecule has 4 aromatic carbocycles. The molecule has 8 heteroatoms. The Morgan fingerprint density at radius 2 is 1.54 bits per heavy atom. The lowest BCUT2D eigenvalue weighted by Crippen LogP contribution is -3.00. The number of ether oxygens (including phenoxy) is 2. The van der Waals surface area contributed by atoms with Gasteiger partial charge in [-0.25, -0.2) is 4.79 Å². The number of aromatic nitrogens is 1. The predicted molar refractivity (Wildman–Crippen MR) is 154 cm³/mol. The van der Waals surface area contributed by atoms with Gasteiger partial charge in [0.1, 0.15) is 25.7 Å². The fourth-order valence-corrected chi connectivity index (χ4v) is 5.02. The van der Waals surface area contributed by atoms with Gasteiger partial charge in [0.05, 0.1) is 23.4 Å². The number of nitrogens with zero attached hydrogens (tertiary/aromatic N) is 2. The molecule has 39 heavy (non-hydrogen) atoms. The number of hydrogen-bond donors (Lipinski definition) is 0. The maximum absolute atomic E-state index is 14.0. The molecular formula is C31H30Cl2N2O4.